The first-order valence-electron chi connectivity index (χ1n) is 4.88. The van der Waals surface area contributed by atoms with Gasteiger partial charge in [0, 0.05) is 12.0 Å². The van der Waals surface area contributed by atoms with Crippen molar-refractivity contribution in [1.29, 1.82) is 5.26 Å². The molecule has 0 saturated heterocycles. The fraction of sp³-hybridized carbons (Fsp3) is 0.333. The average Bonchev–Trinajstić information content (AvgIpc) is 2.25. The summed E-state index contributed by atoms with van der Waals surface area (Å²) in [4.78, 5) is 10.7. The van der Waals surface area contributed by atoms with Gasteiger partial charge in [0.1, 0.15) is 12.1 Å². The third-order valence-corrected chi connectivity index (χ3v) is 2.22. The normalized spacial score (nSPS) is 9.60. The smallest absolute Gasteiger partial charge is 0.150 e. The van der Waals surface area contributed by atoms with E-state index in [1.807, 2.05) is 0 Å². The Balaban J connectivity index is 2.62. The molecule has 0 atom stereocenters. The summed E-state index contributed by atoms with van der Waals surface area (Å²) in [7, 11) is 0. The van der Waals surface area contributed by atoms with Crippen LogP contribution in [0.4, 0.5) is 4.39 Å². The Labute approximate surface area is 88.3 Å². The summed E-state index contributed by atoms with van der Waals surface area (Å²) >= 11 is 0. The molecule has 1 aromatic rings. The lowest BCUT2D eigenvalue weighted by atomic mass is 10.0. The fourth-order valence-electron chi connectivity index (χ4n) is 1.43. The number of unbranched alkanes of at least 4 members (excludes halogenated alkanes) is 2. The molecule has 78 valence electrons. The highest BCUT2D eigenvalue weighted by Crippen LogP contribution is 2.13. The van der Waals surface area contributed by atoms with Gasteiger partial charge in [-0.25, -0.2) is 4.39 Å². The van der Waals surface area contributed by atoms with Crippen LogP contribution in [0.1, 0.15) is 35.2 Å². The lowest BCUT2D eigenvalue weighted by Gasteiger charge is -2.03. The maximum atomic E-state index is 12.9. The molecule has 0 spiro atoms. The standard InChI is InChI=1S/C12H12FNO/c13-12-6-5-11(9-15)10(8-12)4-2-1-3-7-14/h5-6,8-9H,1-4H2. The van der Waals surface area contributed by atoms with E-state index in [1.54, 1.807) is 0 Å². The van der Waals surface area contributed by atoms with Gasteiger partial charge in [-0.2, -0.15) is 5.26 Å². The molecule has 1 rings (SSSR count). The molecular formula is C12H12FNO. The second-order valence-corrected chi connectivity index (χ2v) is 3.33. The van der Waals surface area contributed by atoms with Gasteiger partial charge in [0.05, 0.1) is 6.07 Å². The molecule has 0 aromatic heterocycles. The summed E-state index contributed by atoms with van der Waals surface area (Å²) in [5.41, 5.74) is 1.26. The zero-order valence-electron chi connectivity index (χ0n) is 8.37. The van der Waals surface area contributed by atoms with E-state index >= 15 is 0 Å². The summed E-state index contributed by atoms with van der Waals surface area (Å²) in [6.45, 7) is 0. The molecule has 15 heavy (non-hydrogen) atoms. The van der Waals surface area contributed by atoms with Crippen molar-refractivity contribution in [3.63, 3.8) is 0 Å². The molecule has 2 nitrogen and oxygen atoms in total. The molecule has 0 aliphatic heterocycles. The van der Waals surface area contributed by atoms with Crippen molar-refractivity contribution in [2.75, 3.05) is 0 Å². The Hall–Kier alpha value is -1.69. The highest BCUT2D eigenvalue weighted by Gasteiger charge is 2.02. The molecule has 0 unspecified atom stereocenters. The number of nitriles is 1. The number of benzene rings is 1. The van der Waals surface area contributed by atoms with E-state index in [1.165, 1.54) is 18.2 Å². The van der Waals surface area contributed by atoms with E-state index in [-0.39, 0.29) is 5.82 Å². The summed E-state index contributed by atoms with van der Waals surface area (Å²) in [5.74, 6) is -0.323. The van der Waals surface area contributed by atoms with Gasteiger partial charge >= 0.3 is 0 Å². The molecule has 3 heteroatoms. The number of carbonyl (C=O) groups excluding carboxylic acids is 1. The second-order valence-electron chi connectivity index (χ2n) is 3.33. The molecule has 0 fully saturated rings. The molecule has 0 N–H and O–H groups in total. The van der Waals surface area contributed by atoms with Gasteiger partial charge in [-0.1, -0.05) is 0 Å². The number of halogens is 1. The Kier molecular flexibility index (Phi) is 4.49. The van der Waals surface area contributed by atoms with Crippen molar-refractivity contribution in [2.24, 2.45) is 0 Å². The summed E-state index contributed by atoms with van der Waals surface area (Å²) < 4.78 is 12.9. The van der Waals surface area contributed by atoms with Crippen molar-refractivity contribution in [1.82, 2.24) is 0 Å². The third kappa shape index (κ3) is 3.51. The first-order chi connectivity index (χ1) is 7.27. The molecule has 0 heterocycles. The molecule has 1 aromatic carbocycles. The molecule has 0 aliphatic rings. The highest BCUT2D eigenvalue weighted by atomic mass is 19.1. The zero-order valence-corrected chi connectivity index (χ0v) is 8.37. The Bertz CT molecular complexity index is 382. The molecular weight excluding hydrogens is 193 g/mol. The van der Waals surface area contributed by atoms with Crippen molar-refractivity contribution >= 4 is 6.29 Å². The maximum Gasteiger partial charge on any atom is 0.150 e. The predicted molar refractivity (Wildman–Crippen MR) is 55.0 cm³/mol. The van der Waals surface area contributed by atoms with Crippen LogP contribution >= 0.6 is 0 Å². The average molecular weight is 205 g/mol. The van der Waals surface area contributed by atoms with Crippen LogP contribution < -0.4 is 0 Å². The van der Waals surface area contributed by atoms with E-state index in [0.29, 0.717) is 18.4 Å². The largest absolute Gasteiger partial charge is 0.298 e. The molecule has 0 bridgehead atoms. The van der Waals surface area contributed by atoms with Crippen LogP contribution in [0, 0.1) is 17.1 Å². The van der Waals surface area contributed by atoms with Gasteiger partial charge in [-0.15, -0.1) is 0 Å². The van der Waals surface area contributed by atoms with E-state index < -0.39 is 0 Å². The van der Waals surface area contributed by atoms with Gasteiger partial charge < -0.3 is 0 Å². The summed E-state index contributed by atoms with van der Waals surface area (Å²) in [5, 5.41) is 8.34. The number of carbonyl (C=O) groups is 1. The van der Waals surface area contributed by atoms with Crippen LogP contribution in [0.15, 0.2) is 18.2 Å². The van der Waals surface area contributed by atoms with Crippen LogP contribution in [-0.4, -0.2) is 6.29 Å². The van der Waals surface area contributed by atoms with Gasteiger partial charge in [0.2, 0.25) is 0 Å². The van der Waals surface area contributed by atoms with Crippen LogP contribution in [0.2, 0.25) is 0 Å². The molecule has 0 aliphatic carbocycles. The number of nitrogens with zero attached hydrogens (tertiary/aromatic N) is 1. The molecule has 0 amide bonds. The number of rotatable bonds is 5. The van der Waals surface area contributed by atoms with Crippen molar-refractivity contribution < 1.29 is 9.18 Å². The van der Waals surface area contributed by atoms with E-state index in [4.69, 9.17) is 5.26 Å². The molecule has 0 saturated carbocycles. The quantitative estimate of drug-likeness (QED) is 0.547. The van der Waals surface area contributed by atoms with Crippen LogP contribution in [-0.2, 0) is 6.42 Å². The van der Waals surface area contributed by atoms with E-state index in [0.717, 1.165) is 24.7 Å². The minimum atomic E-state index is -0.323. The van der Waals surface area contributed by atoms with Crippen LogP contribution in [0.25, 0.3) is 0 Å². The first kappa shape index (κ1) is 11.4. The van der Waals surface area contributed by atoms with Crippen LogP contribution in [0.5, 0.6) is 0 Å². The Morgan fingerprint density at radius 3 is 2.87 bits per heavy atom. The zero-order chi connectivity index (χ0) is 11.1. The minimum Gasteiger partial charge on any atom is -0.298 e. The monoisotopic (exact) mass is 205 g/mol. The second kappa shape index (κ2) is 5.92. The van der Waals surface area contributed by atoms with Gasteiger partial charge in [0.25, 0.3) is 0 Å². The number of hydrogen-bond acceptors (Lipinski definition) is 2. The lowest BCUT2D eigenvalue weighted by molar-refractivity contribution is 0.112. The summed E-state index contributed by atoms with van der Waals surface area (Å²) in [6.07, 6.45) is 3.47. The Morgan fingerprint density at radius 2 is 2.20 bits per heavy atom. The SMILES string of the molecule is N#CCCCCc1cc(F)ccc1C=O. The number of aldehydes is 1. The lowest BCUT2D eigenvalue weighted by Crippen LogP contribution is -1.94. The van der Waals surface area contributed by atoms with Crippen molar-refractivity contribution in [3.05, 3.63) is 35.1 Å². The van der Waals surface area contributed by atoms with Gasteiger partial charge in [-0.05, 0) is 43.0 Å². The maximum absolute atomic E-state index is 12.9. The number of hydrogen-bond donors (Lipinski definition) is 0. The van der Waals surface area contributed by atoms with E-state index in [2.05, 4.69) is 6.07 Å². The predicted octanol–water partition coefficient (Wildman–Crippen LogP) is 2.87. The molecule has 0 radical (unpaired) electrons. The fourth-order valence-corrected chi connectivity index (χ4v) is 1.43. The van der Waals surface area contributed by atoms with E-state index in [9.17, 15) is 9.18 Å². The van der Waals surface area contributed by atoms with Crippen LogP contribution in [0.3, 0.4) is 0 Å². The summed E-state index contributed by atoms with van der Waals surface area (Å²) in [6, 6.07) is 6.20. The Morgan fingerprint density at radius 1 is 1.40 bits per heavy atom. The minimum absolute atomic E-state index is 0.323. The van der Waals surface area contributed by atoms with Crippen molar-refractivity contribution in [2.45, 2.75) is 25.7 Å². The highest BCUT2D eigenvalue weighted by molar-refractivity contribution is 5.77. The van der Waals surface area contributed by atoms with Gasteiger partial charge in [0.15, 0.2) is 0 Å². The topological polar surface area (TPSA) is 40.9 Å². The number of aryl methyl sites for hydroxylation is 1. The third-order valence-electron chi connectivity index (χ3n) is 2.22. The first-order valence-corrected chi connectivity index (χ1v) is 4.88. The van der Waals surface area contributed by atoms with Crippen molar-refractivity contribution in [3.8, 4) is 6.07 Å². The van der Waals surface area contributed by atoms with Gasteiger partial charge in [-0.3, -0.25) is 4.79 Å².